The summed E-state index contributed by atoms with van der Waals surface area (Å²) in [5, 5.41) is 7.56. The molecule has 6 heteroatoms. The van der Waals surface area contributed by atoms with Gasteiger partial charge in [0.2, 0.25) is 0 Å². The summed E-state index contributed by atoms with van der Waals surface area (Å²) >= 11 is 0. The predicted molar refractivity (Wildman–Crippen MR) is 115 cm³/mol. The van der Waals surface area contributed by atoms with E-state index in [0.717, 1.165) is 46.9 Å². The van der Waals surface area contributed by atoms with E-state index in [1.807, 2.05) is 42.3 Å². The standard InChI is InChI=1S/C23H27N5O/c1-16(2)22-21(17(3)25-26-22)18-6-4-7-19(14-18)23(29)28-12-10-27(11-13-28)20-8-5-9-24-15-20/h4-9,14-16H,10-13H2,1-3H3,(H,25,26). The molecule has 0 aliphatic carbocycles. The number of anilines is 1. The lowest BCUT2D eigenvalue weighted by Crippen LogP contribution is -2.48. The number of hydrogen-bond donors (Lipinski definition) is 1. The molecule has 0 spiro atoms. The van der Waals surface area contributed by atoms with Crippen LogP contribution in [0.25, 0.3) is 11.1 Å². The lowest BCUT2D eigenvalue weighted by molar-refractivity contribution is 0.0747. The Balaban J connectivity index is 1.51. The van der Waals surface area contributed by atoms with Crippen LogP contribution in [0.4, 0.5) is 5.69 Å². The van der Waals surface area contributed by atoms with Gasteiger partial charge in [-0.05, 0) is 42.7 Å². The molecule has 1 N–H and O–H groups in total. The number of piperazine rings is 1. The topological polar surface area (TPSA) is 65.1 Å². The monoisotopic (exact) mass is 389 g/mol. The molecule has 0 atom stereocenters. The molecule has 4 rings (SSSR count). The lowest BCUT2D eigenvalue weighted by atomic mass is 9.96. The maximum absolute atomic E-state index is 13.1. The third kappa shape index (κ3) is 3.88. The highest BCUT2D eigenvalue weighted by Crippen LogP contribution is 2.31. The Bertz CT molecular complexity index is 988. The Morgan fingerprint density at radius 2 is 1.90 bits per heavy atom. The van der Waals surface area contributed by atoms with Crippen LogP contribution >= 0.6 is 0 Å². The summed E-state index contributed by atoms with van der Waals surface area (Å²) in [6.07, 6.45) is 3.66. The molecule has 3 heterocycles. The molecule has 1 aliphatic rings. The molecule has 1 aromatic carbocycles. The average Bonchev–Trinajstić information content (AvgIpc) is 3.16. The van der Waals surface area contributed by atoms with Gasteiger partial charge in [-0.2, -0.15) is 5.10 Å². The van der Waals surface area contributed by atoms with E-state index in [2.05, 4.69) is 46.1 Å². The fourth-order valence-electron chi connectivity index (χ4n) is 3.93. The van der Waals surface area contributed by atoms with Crippen LogP contribution in [-0.2, 0) is 0 Å². The number of nitrogens with one attached hydrogen (secondary N) is 1. The molecule has 1 saturated heterocycles. The van der Waals surface area contributed by atoms with E-state index >= 15 is 0 Å². The van der Waals surface area contributed by atoms with Crippen molar-refractivity contribution in [2.24, 2.45) is 0 Å². The molecule has 150 valence electrons. The summed E-state index contributed by atoms with van der Waals surface area (Å²) in [5.41, 5.74) is 6.06. The van der Waals surface area contributed by atoms with E-state index in [9.17, 15) is 4.79 Å². The Hall–Kier alpha value is -3.15. The molecule has 6 nitrogen and oxygen atoms in total. The van der Waals surface area contributed by atoms with Gasteiger partial charge < -0.3 is 9.80 Å². The molecule has 1 fully saturated rings. The van der Waals surface area contributed by atoms with Gasteiger partial charge in [-0.25, -0.2) is 0 Å². The summed E-state index contributed by atoms with van der Waals surface area (Å²) in [7, 11) is 0. The molecule has 0 bridgehead atoms. The molecule has 2 aromatic heterocycles. The van der Waals surface area contributed by atoms with Gasteiger partial charge in [0.25, 0.3) is 5.91 Å². The Kier molecular flexibility index (Phi) is 5.34. The number of benzene rings is 1. The number of aromatic nitrogens is 3. The predicted octanol–water partition coefficient (Wildman–Crippen LogP) is 3.87. The van der Waals surface area contributed by atoms with Crippen molar-refractivity contribution in [1.82, 2.24) is 20.1 Å². The fraction of sp³-hybridized carbons (Fsp3) is 0.348. The molecule has 1 aliphatic heterocycles. The third-order valence-electron chi connectivity index (χ3n) is 5.50. The Morgan fingerprint density at radius 3 is 2.59 bits per heavy atom. The van der Waals surface area contributed by atoms with E-state index in [4.69, 9.17) is 0 Å². The minimum Gasteiger partial charge on any atom is -0.367 e. The highest BCUT2D eigenvalue weighted by atomic mass is 16.2. The van der Waals surface area contributed by atoms with Crippen molar-refractivity contribution < 1.29 is 4.79 Å². The second-order valence-corrected chi connectivity index (χ2v) is 7.83. The number of nitrogens with zero attached hydrogens (tertiary/aromatic N) is 4. The van der Waals surface area contributed by atoms with E-state index in [1.165, 1.54) is 0 Å². The van der Waals surface area contributed by atoms with E-state index in [-0.39, 0.29) is 5.91 Å². The highest BCUT2D eigenvalue weighted by Gasteiger charge is 2.23. The minimum absolute atomic E-state index is 0.0879. The number of aryl methyl sites for hydroxylation is 1. The van der Waals surface area contributed by atoms with Crippen LogP contribution in [0.1, 0.15) is 41.5 Å². The molecule has 29 heavy (non-hydrogen) atoms. The van der Waals surface area contributed by atoms with E-state index in [1.54, 1.807) is 6.20 Å². The van der Waals surface area contributed by atoms with Crippen LogP contribution in [-0.4, -0.2) is 52.2 Å². The minimum atomic E-state index is 0.0879. The largest absolute Gasteiger partial charge is 0.367 e. The second-order valence-electron chi connectivity index (χ2n) is 7.83. The summed E-state index contributed by atoms with van der Waals surface area (Å²) < 4.78 is 0. The second kappa shape index (κ2) is 8.07. The first-order chi connectivity index (χ1) is 14.0. The summed E-state index contributed by atoms with van der Waals surface area (Å²) in [6.45, 7) is 9.34. The Morgan fingerprint density at radius 1 is 1.10 bits per heavy atom. The van der Waals surface area contributed by atoms with Crippen LogP contribution in [0, 0.1) is 6.92 Å². The molecule has 0 radical (unpaired) electrons. The summed E-state index contributed by atoms with van der Waals surface area (Å²) in [5.74, 6) is 0.403. The van der Waals surface area contributed by atoms with Crippen LogP contribution in [0.15, 0.2) is 48.8 Å². The molecular formula is C23H27N5O. The highest BCUT2D eigenvalue weighted by molar-refractivity contribution is 5.95. The molecule has 1 amide bonds. The summed E-state index contributed by atoms with van der Waals surface area (Å²) in [4.78, 5) is 21.5. The van der Waals surface area contributed by atoms with E-state index < -0.39 is 0 Å². The number of H-pyrrole nitrogens is 1. The fourth-order valence-corrected chi connectivity index (χ4v) is 3.93. The Labute approximate surface area is 171 Å². The van der Waals surface area contributed by atoms with Gasteiger partial charge in [0, 0.05) is 49.2 Å². The summed E-state index contributed by atoms with van der Waals surface area (Å²) in [6, 6.07) is 11.9. The molecule has 0 saturated carbocycles. The van der Waals surface area contributed by atoms with Gasteiger partial charge in [-0.15, -0.1) is 0 Å². The SMILES string of the molecule is Cc1[nH]nc(C(C)C)c1-c1cccc(C(=O)N2CCN(c3cccnc3)CC2)c1. The van der Waals surface area contributed by atoms with Gasteiger partial charge in [-0.1, -0.05) is 26.0 Å². The van der Waals surface area contributed by atoms with Gasteiger partial charge in [0.05, 0.1) is 17.6 Å². The smallest absolute Gasteiger partial charge is 0.253 e. The van der Waals surface area contributed by atoms with Gasteiger partial charge >= 0.3 is 0 Å². The van der Waals surface area contributed by atoms with Crippen LogP contribution in [0.3, 0.4) is 0 Å². The van der Waals surface area contributed by atoms with Crippen molar-refractivity contribution in [3.8, 4) is 11.1 Å². The molecule has 3 aromatic rings. The van der Waals surface area contributed by atoms with Gasteiger partial charge in [0.1, 0.15) is 0 Å². The van der Waals surface area contributed by atoms with Crippen molar-refractivity contribution in [3.05, 3.63) is 65.7 Å². The van der Waals surface area contributed by atoms with Crippen molar-refractivity contribution in [2.75, 3.05) is 31.1 Å². The van der Waals surface area contributed by atoms with Crippen molar-refractivity contribution in [2.45, 2.75) is 26.7 Å². The van der Waals surface area contributed by atoms with Crippen molar-refractivity contribution in [3.63, 3.8) is 0 Å². The van der Waals surface area contributed by atoms with Crippen LogP contribution in [0.2, 0.25) is 0 Å². The van der Waals surface area contributed by atoms with Gasteiger partial charge in [-0.3, -0.25) is 14.9 Å². The zero-order chi connectivity index (χ0) is 20.4. The van der Waals surface area contributed by atoms with Crippen molar-refractivity contribution >= 4 is 11.6 Å². The number of hydrogen-bond acceptors (Lipinski definition) is 4. The third-order valence-corrected chi connectivity index (χ3v) is 5.50. The molecule has 0 unspecified atom stereocenters. The number of amides is 1. The number of pyridine rings is 1. The number of aromatic amines is 1. The van der Waals surface area contributed by atoms with Gasteiger partial charge in [0.15, 0.2) is 0 Å². The number of rotatable bonds is 4. The van der Waals surface area contributed by atoms with Crippen LogP contribution < -0.4 is 4.90 Å². The zero-order valence-electron chi connectivity index (χ0n) is 17.2. The first-order valence-electron chi connectivity index (χ1n) is 10.1. The normalized spacial score (nSPS) is 14.5. The average molecular weight is 390 g/mol. The zero-order valence-corrected chi connectivity index (χ0v) is 17.2. The first-order valence-corrected chi connectivity index (χ1v) is 10.1. The maximum atomic E-state index is 13.1. The lowest BCUT2D eigenvalue weighted by Gasteiger charge is -2.36. The number of carbonyl (C=O) groups is 1. The quantitative estimate of drug-likeness (QED) is 0.736. The maximum Gasteiger partial charge on any atom is 0.253 e. The van der Waals surface area contributed by atoms with Crippen LogP contribution in [0.5, 0.6) is 0 Å². The molecular weight excluding hydrogens is 362 g/mol. The first kappa shape index (κ1) is 19.2. The van der Waals surface area contributed by atoms with Crippen molar-refractivity contribution in [1.29, 1.82) is 0 Å². The number of carbonyl (C=O) groups excluding carboxylic acids is 1. The van der Waals surface area contributed by atoms with E-state index in [0.29, 0.717) is 19.0 Å².